The summed E-state index contributed by atoms with van der Waals surface area (Å²) in [5.74, 6) is 0. The molecule has 1 aromatic carbocycles. The molecule has 1 radical (unpaired) electrons. The number of aryl methyl sites for hydroxylation is 2. The van der Waals surface area contributed by atoms with Crippen molar-refractivity contribution in [2.75, 3.05) is 0 Å². The number of para-hydroxylation sites is 1. The van der Waals surface area contributed by atoms with E-state index in [1.165, 1.54) is 10.3 Å². The minimum absolute atomic E-state index is 1.02. The summed E-state index contributed by atoms with van der Waals surface area (Å²) in [6.45, 7) is 4.15. The fraction of sp³-hybridized carbons (Fsp3) is 0.154. The third-order valence-electron chi connectivity index (χ3n) is 2.73. The largest absolute Gasteiger partial charge is 0.292 e. The van der Waals surface area contributed by atoms with Crippen molar-refractivity contribution in [3.05, 3.63) is 47.1 Å². The lowest BCUT2D eigenvalue weighted by atomic mass is 10.2. The fourth-order valence-corrected chi connectivity index (χ4v) is 2.63. The minimum Gasteiger partial charge on any atom is -0.292 e. The minimum atomic E-state index is 1.02. The van der Waals surface area contributed by atoms with Gasteiger partial charge < -0.3 is 0 Å². The number of fused-ring (bicyclic) bond motifs is 1. The van der Waals surface area contributed by atoms with Gasteiger partial charge in [-0.05, 0) is 19.9 Å². The third-order valence-corrected chi connectivity index (χ3v) is 3.81. The highest BCUT2D eigenvalue weighted by molar-refractivity contribution is 7.14. The van der Waals surface area contributed by atoms with Gasteiger partial charge in [-0.25, -0.2) is 4.98 Å². The molecule has 0 fully saturated rings. The molecular weight excluding hydrogens is 216 g/mol. The summed E-state index contributed by atoms with van der Waals surface area (Å²) in [7, 11) is 0. The van der Waals surface area contributed by atoms with Crippen molar-refractivity contribution >= 4 is 22.2 Å². The summed E-state index contributed by atoms with van der Waals surface area (Å²) in [6.07, 6.45) is 2.05. The molecule has 79 valence electrons. The Balaban J connectivity index is 2.26. The van der Waals surface area contributed by atoms with Gasteiger partial charge in [0.1, 0.15) is 0 Å². The van der Waals surface area contributed by atoms with Crippen LogP contribution >= 0.6 is 11.3 Å². The van der Waals surface area contributed by atoms with E-state index in [1.54, 1.807) is 11.3 Å². The molecular formula is C13H11N2S. The SMILES string of the molecule is Cc1nc(-n2ccc3ccc[c]c32)sc1C. The molecule has 0 amide bonds. The van der Waals surface area contributed by atoms with Crippen LogP contribution in [0.15, 0.2) is 30.5 Å². The maximum absolute atomic E-state index is 4.56. The molecule has 2 nitrogen and oxygen atoms in total. The maximum Gasteiger partial charge on any atom is 0.194 e. The highest BCUT2D eigenvalue weighted by Gasteiger charge is 2.08. The van der Waals surface area contributed by atoms with Crippen LogP contribution in [0.3, 0.4) is 0 Å². The second kappa shape index (κ2) is 3.46. The fourth-order valence-electron chi connectivity index (χ4n) is 1.73. The maximum atomic E-state index is 4.56. The van der Waals surface area contributed by atoms with E-state index in [0.29, 0.717) is 0 Å². The van der Waals surface area contributed by atoms with Crippen LogP contribution in [0.2, 0.25) is 0 Å². The summed E-state index contributed by atoms with van der Waals surface area (Å²) in [4.78, 5) is 5.84. The first kappa shape index (κ1) is 9.60. The second-order valence-electron chi connectivity index (χ2n) is 3.80. The van der Waals surface area contributed by atoms with Crippen molar-refractivity contribution in [3.8, 4) is 5.13 Å². The Morgan fingerprint density at radius 1 is 1.31 bits per heavy atom. The molecule has 0 aliphatic rings. The Hall–Kier alpha value is -1.61. The van der Waals surface area contributed by atoms with Crippen LogP contribution < -0.4 is 0 Å². The van der Waals surface area contributed by atoms with Crippen LogP contribution in [0.25, 0.3) is 16.0 Å². The van der Waals surface area contributed by atoms with Crippen LogP contribution in [-0.4, -0.2) is 9.55 Å². The van der Waals surface area contributed by atoms with Gasteiger partial charge in [-0.1, -0.05) is 18.2 Å². The Bertz CT molecular complexity index is 629. The van der Waals surface area contributed by atoms with Gasteiger partial charge in [0.15, 0.2) is 5.13 Å². The Kier molecular flexibility index (Phi) is 2.07. The van der Waals surface area contributed by atoms with Gasteiger partial charge in [-0.15, -0.1) is 11.3 Å². The van der Waals surface area contributed by atoms with Crippen molar-refractivity contribution in [3.63, 3.8) is 0 Å². The predicted molar refractivity (Wildman–Crippen MR) is 67.3 cm³/mol. The van der Waals surface area contributed by atoms with E-state index in [1.807, 2.05) is 19.1 Å². The van der Waals surface area contributed by atoms with E-state index in [4.69, 9.17) is 0 Å². The highest BCUT2D eigenvalue weighted by atomic mass is 32.1. The second-order valence-corrected chi connectivity index (χ2v) is 4.98. The summed E-state index contributed by atoms with van der Waals surface area (Å²) in [5.41, 5.74) is 2.20. The number of benzene rings is 1. The number of nitrogens with zero attached hydrogens (tertiary/aromatic N) is 2. The van der Waals surface area contributed by atoms with Crippen molar-refractivity contribution in [1.29, 1.82) is 0 Å². The molecule has 0 atom stereocenters. The van der Waals surface area contributed by atoms with E-state index in [9.17, 15) is 0 Å². The molecule has 2 heterocycles. The molecule has 3 rings (SSSR count). The summed E-state index contributed by atoms with van der Waals surface area (Å²) >= 11 is 1.72. The highest BCUT2D eigenvalue weighted by Crippen LogP contribution is 2.25. The van der Waals surface area contributed by atoms with Crippen LogP contribution in [-0.2, 0) is 0 Å². The zero-order valence-corrected chi connectivity index (χ0v) is 10.0. The number of rotatable bonds is 1. The topological polar surface area (TPSA) is 17.8 Å². The Morgan fingerprint density at radius 2 is 2.19 bits per heavy atom. The standard InChI is InChI=1S/C13H11N2S/c1-9-10(2)16-13(14-9)15-8-7-11-5-3-4-6-12(11)15/h3-5,7-8H,1-2H3. The number of aromatic nitrogens is 2. The molecule has 0 N–H and O–H groups in total. The number of hydrogen-bond acceptors (Lipinski definition) is 2. The van der Waals surface area contributed by atoms with E-state index < -0.39 is 0 Å². The molecule has 0 aliphatic carbocycles. The van der Waals surface area contributed by atoms with Crippen LogP contribution in [0.4, 0.5) is 0 Å². The monoisotopic (exact) mass is 227 g/mol. The van der Waals surface area contributed by atoms with E-state index in [0.717, 1.165) is 16.3 Å². The summed E-state index contributed by atoms with van der Waals surface area (Å²) < 4.78 is 2.10. The molecule has 0 bridgehead atoms. The average molecular weight is 227 g/mol. The quantitative estimate of drug-likeness (QED) is 0.622. The van der Waals surface area contributed by atoms with Crippen molar-refractivity contribution in [1.82, 2.24) is 9.55 Å². The molecule has 2 aromatic heterocycles. The van der Waals surface area contributed by atoms with Gasteiger partial charge in [0.25, 0.3) is 0 Å². The van der Waals surface area contributed by atoms with Crippen LogP contribution in [0.5, 0.6) is 0 Å². The predicted octanol–water partition coefficient (Wildman–Crippen LogP) is 3.50. The molecule has 16 heavy (non-hydrogen) atoms. The summed E-state index contributed by atoms with van der Waals surface area (Å²) in [6, 6.07) is 11.4. The average Bonchev–Trinajstić information content (AvgIpc) is 2.83. The zero-order valence-electron chi connectivity index (χ0n) is 9.19. The first-order valence-corrected chi connectivity index (χ1v) is 5.99. The van der Waals surface area contributed by atoms with Crippen molar-refractivity contribution < 1.29 is 0 Å². The van der Waals surface area contributed by atoms with Gasteiger partial charge in [-0.3, -0.25) is 4.57 Å². The van der Waals surface area contributed by atoms with Gasteiger partial charge in [0.05, 0.1) is 11.2 Å². The molecule has 0 saturated heterocycles. The van der Waals surface area contributed by atoms with Crippen molar-refractivity contribution in [2.24, 2.45) is 0 Å². The normalized spacial score (nSPS) is 11.1. The Labute approximate surface area is 98.2 Å². The lowest BCUT2D eigenvalue weighted by Gasteiger charge is -1.98. The van der Waals surface area contributed by atoms with Gasteiger partial charge in [0.2, 0.25) is 0 Å². The van der Waals surface area contributed by atoms with E-state index >= 15 is 0 Å². The number of hydrogen-bond donors (Lipinski definition) is 0. The van der Waals surface area contributed by atoms with Crippen molar-refractivity contribution in [2.45, 2.75) is 13.8 Å². The van der Waals surface area contributed by atoms with E-state index in [2.05, 4.69) is 40.9 Å². The van der Waals surface area contributed by atoms with Gasteiger partial charge in [0, 0.05) is 22.5 Å². The first-order chi connectivity index (χ1) is 7.75. The lowest BCUT2D eigenvalue weighted by Crippen LogP contribution is -1.90. The molecule has 3 heteroatoms. The third kappa shape index (κ3) is 1.36. The summed E-state index contributed by atoms with van der Waals surface area (Å²) in [5, 5.41) is 2.22. The Morgan fingerprint density at radius 3 is 2.94 bits per heavy atom. The zero-order chi connectivity index (χ0) is 11.1. The molecule has 0 unspecified atom stereocenters. The lowest BCUT2D eigenvalue weighted by molar-refractivity contribution is 1.06. The molecule has 0 spiro atoms. The number of thiazole rings is 1. The first-order valence-electron chi connectivity index (χ1n) is 5.18. The molecule has 3 aromatic rings. The van der Waals surface area contributed by atoms with Crippen LogP contribution in [0, 0.1) is 19.9 Å². The van der Waals surface area contributed by atoms with Gasteiger partial charge >= 0.3 is 0 Å². The smallest absolute Gasteiger partial charge is 0.194 e. The van der Waals surface area contributed by atoms with E-state index in [-0.39, 0.29) is 0 Å². The van der Waals surface area contributed by atoms with Gasteiger partial charge in [-0.2, -0.15) is 0 Å². The molecule has 0 aliphatic heterocycles. The van der Waals surface area contributed by atoms with Crippen LogP contribution in [0.1, 0.15) is 10.6 Å². The molecule has 0 saturated carbocycles.